The lowest BCUT2D eigenvalue weighted by atomic mass is 10.3. The van der Waals surface area contributed by atoms with Gasteiger partial charge in [0.2, 0.25) is 5.95 Å². The van der Waals surface area contributed by atoms with Crippen LogP contribution in [0, 0.1) is 6.92 Å². The van der Waals surface area contributed by atoms with Crippen molar-refractivity contribution in [3.05, 3.63) is 40.0 Å². The van der Waals surface area contributed by atoms with Crippen LogP contribution in [0.1, 0.15) is 26.0 Å². The maximum Gasteiger partial charge on any atom is 0.225 e. The molecule has 2 N–H and O–H groups in total. The fourth-order valence-corrected chi connectivity index (χ4v) is 2.11. The van der Waals surface area contributed by atoms with Gasteiger partial charge in [0.05, 0.1) is 15.7 Å². The summed E-state index contributed by atoms with van der Waals surface area (Å²) in [7, 11) is 0. The smallest absolute Gasteiger partial charge is 0.225 e. The number of nitrogens with zero attached hydrogens (tertiary/aromatic N) is 2. The summed E-state index contributed by atoms with van der Waals surface area (Å²) in [6.45, 7) is 6.12. The van der Waals surface area contributed by atoms with E-state index in [0.717, 1.165) is 17.8 Å². The fraction of sp³-hybridized carbons (Fsp3) is 0.333. The molecule has 0 bridgehead atoms. The minimum atomic E-state index is 0.314. The largest absolute Gasteiger partial charge is 0.352 e. The topological polar surface area (TPSA) is 49.8 Å². The highest BCUT2D eigenvalue weighted by Gasteiger charge is 2.08. The summed E-state index contributed by atoms with van der Waals surface area (Å²) in [5.41, 5.74) is 1.59. The molecule has 1 atom stereocenters. The summed E-state index contributed by atoms with van der Waals surface area (Å²) in [6, 6.07) is 7.61. The van der Waals surface area contributed by atoms with Gasteiger partial charge < -0.3 is 10.6 Å². The minimum Gasteiger partial charge on any atom is -0.352 e. The van der Waals surface area contributed by atoms with Crippen molar-refractivity contribution in [2.45, 2.75) is 33.2 Å². The Hall–Kier alpha value is -1.52. The van der Waals surface area contributed by atoms with Crippen molar-refractivity contribution >= 4 is 40.7 Å². The Morgan fingerprint density at radius 1 is 1.24 bits per heavy atom. The number of aromatic nitrogens is 2. The van der Waals surface area contributed by atoms with Gasteiger partial charge in [-0.25, -0.2) is 4.98 Å². The van der Waals surface area contributed by atoms with Crippen LogP contribution in [0.25, 0.3) is 0 Å². The Balaban J connectivity index is 2.25. The van der Waals surface area contributed by atoms with E-state index in [4.69, 9.17) is 23.2 Å². The average molecular weight is 325 g/mol. The van der Waals surface area contributed by atoms with Crippen LogP contribution >= 0.6 is 23.2 Å². The zero-order valence-electron chi connectivity index (χ0n) is 12.2. The second-order valence-electron chi connectivity index (χ2n) is 4.90. The van der Waals surface area contributed by atoms with Crippen LogP contribution in [0.3, 0.4) is 0 Å². The van der Waals surface area contributed by atoms with Crippen LogP contribution in [0.2, 0.25) is 10.0 Å². The van der Waals surface area contributed by atoms with Gasteiger partial charge in [-0.2, -0.15) is 4.98 Å². The first-order valence-corrected chi connectivity index (χ1v) is 7.58. The van der Waals surface area contributed by atoms with Gasteiger partial charge in [0.15, 0.2) is 0 Å². The van der Waals surface area contributed by atoms with Crippen molar-refractivity contribution in [3.8, 4) is 0 Å². The van der Waals surface area contributed by atoms with Gasteiger partial charge >= 0.3 is 0 Å². The molecule has 112 valence electrons. The maximum absolute atomic E-state index is 6.18. The molecule has 0 spiro atoms. The molecule has 1 unspecified atom stereocenters. The molecule has 21 heavy (non-hydrogen) atoms. The van der Waals surface area contributed by atoms with Gasteiger partial charge in [-0.15, -0.1) is 0 Å². The van der Waals surface area contributed by atoms with Crippen molar-refractivity contribution in [1.29, 1.82) is 0 Å². The predicted octanol–water partition coefficient (Wildman–Crippen LogP) is 5.05. The van der Waals surface area contributed by atoms with Crippen LogP contribution < -0.4 is 10.6 Å². The van der Waals surface area contributed by atoms with Gasteiger partial charge in [-0.1, -0.05) is 36.2 Å². The van der Waals surface area contributed by atoms with Gasteiger partial charge in [0.1, 0.15) is 5.82 Å². The predicted molar refractivity (Wildman–Crippen MR) is 89.9 cm³/mol. The molecule has 0 saturated heterocycles. The Bertz CT molecular complexity index is 631. The second kappa shape index (κ2) is 6.96. The van der Waals surface area contributed by atoms with Crippen molar-refractivity contribution < 1.29 is 0 Å². The molecular weight excluding hydrogens is 307 g/mol. The number of halogens is 2. The summed E-state index contributed by atoms with van der Waals surface area (Å²) in [5, 5.41) is 7.42. The first-order valence-electron chi connectivity index (χ1n) is 6.83. The van der Waals surface area contributed by atoms with Gasteiger partial charge in [-0.05, 0) is 32.4 Å². The normalized spacial score (nSPS) is 12.0. The van der Waals surface area contributed by atoms with Crippen LogP contribution in [0.5, 0.6) is 0 Å². The molecule has 0 aliphatic heterocycles. The van der Waals surface area contributed by atoms with E-state index in [0.29, 0.717) is 27.9 Å². The Labute approximate surface area is 134 Å². The molecule has 0 fully saturated rings. The van der Waals surface area contributed by atoms with E-state index in [9.17, 15) is 0 Å². The summed E-state index contributed by atoms with van der Waals surface area (Å²) in [4.78, 5) is 8.83. The third-order valence-corrected chi connectivity index (χ3v) is 3.88. The van der Waals surface area contributed by atoms with Gasteiger partial charge in [0, 0.05) is 17.8 Å². The third kappa shape index (κ3) is 4.22. The number of nitrogens with one attached hydrogen (secondary N) is 2. The van der Waals surface area contributed by atoms with Crippen LogP contribution in [-0.4, -0.2) is 16.0 Å². The quantitative estimate of drug-likeness (QED) is 0.808. The number of hydrogen-bond donors (Lipinski definition) is 2. The molecule has 2 aromatic rings. The lowest BCUT2D eigenvalue weighted by Crippen LogP contribution is -2.16. The highest BCUT2D eigenvalue weighted by molar-refractivity contribution is 6.43. The van der Waals surface area contributed by atoms with Gasteiger partial charge in [-0.3, -0.25) is 0 Å². The van der Waals surface area contributed by atoms with E-state index in [1.807, 2.05) is 25.1 Å². The van der Waals surface area contributed by atoms with E-state index < -0.39 is 0 Å². The monoisotopic (exact) mass is 324 g/mol. The summed E-state index contributed by atoms with van der Waals surface area (Å²) < 4.78 is 0. The van der Waals surface area contributed by atoms with Crippen molar-refractivity contribution in [1.82, 2.24) is 9.97 Å². The number of benzene rings is 1. The molecule has 1 aromatic carbocycles. The molecule has 0 aliphatic rings. The average Bonchev–Trinajstić information content (AvgIpc) is 2.43. The molecule has 1 heterocycles. The van der Waals surface area contributed by atoms with E-state index in [2.05, 4.69) is 34.4 Å². The molecule has 0 aliphatic carbocycles. The Morgan fingerprint density at radius 2 is 2.00 bits per heavy atom. The van der Waals surface area contributed by atoms with Crippen LogP contribution in [0.15, 0.2) is 24.3 Å². The minimum absolute atomic E-state index is 0.314. The molecule has 4 nitrogen and oxygen atoms in total. The highest BCUT2D eigenvalue weighted by Crippen LogP contribution is 2.31. The number of aryl methyl sites for hydroxylation is 1. The molecule has 6 heteroatoms. The SMILES string of the molecule is CCC(C)Nc1nc(C)cc(Nc2cccc(Cl)c2Cl)n1. The van der Waals surface area contributed by atoms with Crippen molar-refractivity contribution in [2.24, 2.45) is 0 Å². The van der Waals surface area contributed by atoms with Gasteiger partial charge in [0.25, 0.3) is 0 Å². The molecule has 2 rings (SSSR count). The summed E-state index contributed by atoms with van der Waals surface area (Å²) >= 11 is 12.2. The first-order chi connectivity index (χ1) is 9.99. The lowest BCUT2D eigenvalue weighted by Gasteiger charge is -2.14. The van der Waals surface area contributed by atoms with Crippen molar-refractivity contribution in [2.75, 3.05) is 10.6 Å². The zero-order chi connectivity index (χ0) is 15.4. The molecule has 0 radical (unpaired) electrons. The Morgan fingerprint density at radius 3 is 2.71 bits per heavy atom. The summed E-state index contributed by atoms with van der Waals surface area (Å²) in [6.07, 6.45) is 1.00. The lowest BCUT2D eigenvalue weighted by molar-refractivity contribution is 0.752. The second-order valence-corrected chi connectivity index (χ2v) is 5.68. The van der Waals surface area contributed by atoms with Crippen LogP contribution in [0.4, 0.5) is 17.5 Å². The number of rotatable bonds is 5. The molecular formula is C15H18Cl2N4. The van der Waals surface area contributed by atoms with E-state index in [1.165, 1.54) is 0 Å². The number of hydrogen-bond acceptors (Lipinski definition) is 4. The van der Waals surface area contributed by atoms with E-state index in [1.54, 1.807) is 6.07 Å². The number of anilines is 3. The standard InChI is InChI=1S/C15H18Cl2N4/c1-4-9(2)18-15-19-10(3)8-13(21-15)20-12-7-5-6-11(16)14(12)17/h5-9H,4H2,1-3H3,(H2,18,19,20,21). The van der Waals surface area contributed by atoms with E-state index >= 15 is 0 Å². The molecule has 0 saturated carbocycles. The first kappa shape index (κ1) is 15.9. The molecule has 0 amide bonds. The fourth-order valence-electron chi connectivity index (χ4n) is 1.76. The Kier molecular flexibility index (Phi) is 5.26. The molecule has 1 aromatic heterocycles. The van der Waals surface area contributed by atoms with Crippen LogP contribution in [-0.2, 0) is 0 Å². The van der Waals surface area contributed by atoms with Crippen molar-refractivity contribution in [3.63, 3.8) is 0 Å². The zero-order valence-corrected chi connectivity index (χ0v) is 13.8. The summed E-state index contributed by atoms with van der Waals surface area (Å²) in [5.74, 6) is 1.28. The highest BCUT2D eigenvalue weighted by atomic mass is 35.5. The van der Waals surface area contributed by atoms with E-state index in [-0.39, 0.29) is 0 Å². The third-order valence-electron chi connectivity index (χ3n) is 3.06. The maximum atomic E-state index is 6.18.